The van der Waals surface area contributed by atoms with Crippen LogP contribution in [0, 0.1) is 11.8 Å². The van der Waals surface area contributed by atoms with Crippen LogP contribution in [0.4, 0.5) is 11.4 Å². The molecule has 44 heavy (non-hydrogen) atoms. The number of benzene rings is 2. The van der Waals surface area contributed by atoms with Crippen molar-refractivity contribution in [3.8, 4) is 11.5 Å². The van der Waals surface area contributed by atoms with Crippen LogP contribution in [0.25, 0.3) is 0 Å². The van der Waals surface area contributed by atoms with Gasteiger partial charge in [0.05, 0.1) is 62.0 Å². The van der Waals surface area contributed by atoms with Gasteiger partial charge in [-0.1, -0.05) is 24.3 Å². The van der Waals surface area contributed by atoms with Crippen molar-refractivity contribution >= 4 is 35.0 Å². The van der Waals surface area contributed by atoms with E-state index in [4.69, 9.17) is 18.3 Å². The lowest BCUT2D eigenvalue weighted by atomic mass is 9.87. The molecule has 0 radical (unpaired) electrons. The molecule has 0 unspecified atom stereocenters. The quantitative estimate of drug-likeness (QED) is 0.307. The van der Waals surface area contributed by atoms with Gasteiger partial charge in [-0.15, -0.1) is 0 Å². The fourth-order valence-corrected chi connectivity index (χ4v) is 7.42. The van der Waals surface area contributed by atoms with Crippen LogP contribution >= 0.6 is 0 Å². The Morgan fingerprint density at radius 3 is 1.30 bits per heavy atom. The minimum Gasteiger partial charge on any atom is -0.495 e. The van der Waals surface area contributed by atoms with Crippen molar-refractivity contribution < 1.29 is 37.5 Å². The molecule has 0 saturated carbocycles. The van der Waals surface area contributed by atoms with Crippen molar-refractivity contribution in [2.24, 2.45) is 11.8 Å². The zero-order valence-electron chi connectivity index (χ0n) is 23.6. The van der Waals surface area contributed by atoms with Gasteiger partial charge in [-0.05, 0) is 48.5 Å². The molecule has 0 spiro atoms. The van der Waals surface area contributed by atoms with Gasteiger partial charge in [0.2, 0.25) is 11.8 Å². The maximum atomic E-state index is 14.4. The average Bonchev–Trinajstić information content (AvgIpc) is 3.88. The van der Waals surface area contributed by atoms with Crippen LogP contribution in [-0.2, 0) is 19.2 Å². The van der Waals surface area contributed by atoms with Gasteiger partial charge in [0.25, 0.3) is 11.8 Å². The topological polar surface area (TPSA) is 126 Å². The van der Waals surface area contributed by atoms with Gasteiger partial charge in [-0.2, -0.15) is 0 Å². The number of hydrazine groups is 1. The first-order valence-corrected chi connectivity index (χ1v) is 14.1. The molecule has 0 N–H and O–H groups in total. The van der Waals surface area contributed by atoms with Crippen molar-refractivity contribution in [3.05, 3.63) is 96.8 Å². The molecule has 4 amide bonds. The number of carbonyl (C=O) groups excluding carboxylic acids is 4. The van der Waals surface area contributed by atoms with Crippen molar-refractivity contribution in [2.45, 2.75) is 24.2 Å². The predicted molar refractivity (Wildman–Crippen MR) is 152 cm³/mol. The highest BCUT2D eigenvalue weighted by Gasteiger charge is 2.74. The Morgan fingerprint density at radius 1 is 0.523 bits per heavy atom. The van der Waals surface area contributed by atoms with Gasteiger partial charge in [-0.3, -0.25) is 19.2 Å². The number of para-hydroxylation sites is 4. The number of amides is 4. The summed E-state index contributed by atoms with van der Waals surface area (Å²) in [4.78, 5) is 59.8. The number of hydrogen-bond acceptors (Lipinski definition) is 10. The Hall–Kier alpha value is -5.20. The molecule has 4 aromatic rings. The smallest absolute Gasteiger partial charge is 0.253 e. The molecule has 2 aromatic heterocycles. The largest absolute Gasteiger partial charge is 0.495 e. The van der Waals surface area contributed by atoms with Gasteiger partial charge in [0.15, 0.2) is 0 Å². The maximum Gasteiger partial charge on any atom is 0.253 e. The number of methoxy groups -OCH3 is 2. The lowest BCUT2D eigenvalue weighted by Gasteiger charge is -2.34. The second-order valence-corrected chi connectivity index (χ2v) is 11.0. The molecule has 4 aliphatic rings. The molecule has 12 heteroatoms. The summed E-state index contributed by atoms with van der Waals surface area (Å²) in [6, 6.07) is 16.6. The fraction of sp³-hybridized carbons (Fsp3) is 0.250. The Balaban J connectivity index is 1.31. The molecule has 12 nitrogen and oxygen atoms in total. The van der Waals surface area contributed by atoms with E-state index in [2.05, 4.69) is 0 Å². The van der Waals surface area contributed by atoms with E-state index in [9.17, 15) is 19.2 Å². The first-order chi connectivity index (χ1) is 21.5. The summed E-state index contributed by atoms with van der Waals surface area (Å²) in [7, 11) is 2.94. The fourth-order valence-electron chi connectivity index (χ4n) is 7.42. The van der Waals surface area contributed by atoms with Crippen LogP contribution in [0.2, 0.25) is 0 Å². The summed E-state index contributed by atoms with van der Waals surface area (Å²) in [6.07, 6.45) is 2.96. The standard InChI is InChI=1S/C32H26N4O8/c1-41-19-11-5-3-9-17(19)33-29(37)23-25(21-13-7-15-43-21)36-28-24(26(22-14-8-16-44-22)35(36)27(23)31(33)39)30(38)34(32(28)40)18-10-4-6-12-20(18)42-2/h3-16,23-28H,1-2H3/t23-,24+,25-,26-,27-,28+/m0/s1. The number of anilines is 2. The van der Waals surface area contributed by atoms with Gasteiger partial charge in [-0.25, -0.2) is 19.8 Å². The molecular formula is C32H26N4O8. The third kappa shape index (κ3) is 3.34. The molecular weight excluding hydrogens is 568 g/mol. The molecule has 222 valence electrons. The highest BCUT2D eigenvalue weighted by atomic mass is 16.5. The minimum absolute atomic E-state index is 0.313. The lowest BCUT2D eigenvalue weighted by molar-refractivity contribution is -0.136. The first kappa shape index (κ1) is 26.4. The molecule has 0 bridgehead atoms. The van der Waals surface area contributed by atoms with Crippen molar-refractivity contribution in [1.82, 2.24) is 10.0 Å². The van der Waals surface area contributed by atoms with E-state index >= 15 is 0 Å². The van der Waals surface area contributed by atoms with Gasteiger partial charge >= 0.3 is 0 Å². The SMILES string of the molecule is COc1ccccc1N1C(=O)[C@@H]2[C@@H](C1=O)N1[C@@H](c3ccco3)[C@H]3C(=O)N(c4ccccc4OC)C(=O)[C@@H]3N1[C@H]2c1ccco1. The summed E-state index contributed by atoms with van der Waals surface area (Å²) in [5.41, 5.74) is 0.625. The Morgan fingerprint density at radius 2 is 0.932 bits per heavy atom. The third-order valence-electron chi connectivity index (χ3n) is 9.05. The Kier molecular flexibility index (Phi) is 5.80. The second-order valence-electron chi connectivity index (χ2n) is 11.0. The van der Waals surface area contributed by atoms with E-state index in [-0.39, 0.29) is 0 Å². The van der Waals surface area contributed by atoms with Crippen LogP contribution in [0.1, 0.15) is 23.6 Å². The highest BCUT2D eigenvalue weighted by molar-refractivity contribution is 6.26. The van der Waals surface area contributed by atoms with Gasteiger partial charge in [0.1, 0.15) is 35.1 Å². The average molecular weight is 595 g/mol. The Bertz CT molecular complexity index is 1670. The summed E-state index contributed by atoms with van der Waals surface area (Å²) in [6.45, 7) is 0. The van der Waals surface area contributed by atoms with E-state index in [0.29, 0.717) is 34.4 Å². The number of rotatable bonds is 6. The second kappa shape index (κ2) is 9.66. The van der Waals surface area contributed by atoms with Crippen LogP contribution in [0.5, 0.6) is 11.5 Å². The van der Waals surface area contributed by atoms with E-state index in [0.717, 1.165) is 9.80 Å². The van der Waals surface area contributed by atoms with E-state index in [1.807, 2.05) is 0 Å². The van der Waals surface area contributed by atoms with E-state index in [1.54, 1.807) is 82.8 Å². The molecule has 4 saturated heterocycles. The number of imide groups is 2. The van der Waals surface area contributed by atoms with Crippen LogP contribution in [0.15, 0.2) is 94.2 Å². The summed E-state index contributed by atoms with van der Waals surface area (Å²) in [5, 5.41) is 3.41. The number of hydrogen-bond donors (Lipinski definition) is 0. The number of nitrogens with zero attached hydrogens (tertiary/aromatic N) is 4. The molecule has 0 aliphatic carbocycles. The van der Waals surface area contributed by atoms with Crippen LogP contribution in [-0.4, -0.2) is 59.9 Å². The molecule has 8 rings (SSSR count). The third-order valence-corrected chi connectivity index (χ3v) is 9.05. The molecule has 6 atom stereocenters. The van der Waals surface area contributed by atoms with Crippen molar-refractivity contribution in [1.29, 1.82) is 0 Å². The van der Waals surface area contributed by atoms with E-state index in [1.165, 1.54) is 26.7 Å². The number of furan rings is 2. The number of fused-ring (bicyclic) bond motifs is 5. The maximum absolute atomic E-state index is 14.4. The lowest BCUT2D eigenvalue weighted by Crippen LogP contribution is -2.50. The molecule has 6 heterocycles. The summed E-state index contributed by atoms with van der Waals surface area (Å²) in [5.74, 6) is -2.34. The summed E-state index contributed by atoms with van der Waals surface area (Å²) < 4.78 is 22.7. The predicted octanol–water partition coefficient (Wildman–Crippen LogP) is 3.33. The van der Waals surface area contributed by atoms with Crippen LogP contribution in [0.3, 0.4) is 0 Å². The molecule has 2 aromatic carbocycles. The minimum atomic E-state index is -1.05. The van der Waals surface area contributed by atoms with Gasteiger partial charge in [0, 0.05) is 0 Å². The first-order valence-electron chi connectivity index (χ1n) is 14.1. The highest BCUT2D eigenvalue weighted by Crippen LogP contribution is 2.60. The van der Waals surface area contributed by atoms with Gasteiger partial charge < -0.3 is 18.3 Å². The zero-order chi connectivity index (χ0) is 30.3. The summed E-state index contributed by atoms with van der Waals surface area (Å²) >= 11 is 0. The van der Waals surface area contributed by atoms with Crippen LogP contribution < -0.4 is 19.3 Å². The zero-order valence-corrected chi connectivity index (χ0v) is 23.6. The van der Waals surface area contributed by atoms with Crippen molar-refractivity contribution in [3.63, 3.8) is 0 Å². The molecule has 4 fully saturated rings. The number of carbonyl (C=O) groups is 4. The monoisotopic (exact) mass is 594 g/mol. The number of ether oxygens (including phenoxy) is 2. The molecule has 4 aliphatic heterocycles. The normalized spacial score (nSPS) is 28.1. The Labute approximate surface area is 250 Å². The van der Waals surface area contributed by atoms with Crippen molar-refractivity contribution in [2.75, 3.05) is 24.0 Å². The van der Waals surface area contributed by atoms with E-state index < -0.39 is 59.6 Å².